The number of hydrogen-bond donors (Lipinski definition) is 1. The second-order valence-corrected chi connectivity index (χ2v) is 7.96. The molecule has 4 aromatic rings. The Hall–Kier alpha value is -4.41. The Balaban J connectivity index is 1.55. The predicted octanol–water partition coefficient (Wildman–Crippen LogP) is 3.76. The monoisotopic (exact) mass is 463 g/mol. The average Bonchev–Trinajstić information content (AvgIpc) is 3.43. The van der Waals surface area contributed by atoms with Gasteiger partial charge in [0.1, 0.15) is 22.9 Å². The number of carbonyl (C=O) groups is 1. The van der Waals surface area contributed by atoms with E-state index in [0.717, 1.165) is 0 Å². The molecule has 0 atom stereocenters. The van der Waals surface area contributed by atoms with Crippen LogP contribution in [0.4, 0.5) is 11.8 Å². The van der Waals surface area contributed by atoms with E-state index in [1.165, 1.54) is 0 Å². The molecule has 0 aliphatic carbocycles. The van der Waals surface area contributed by atoms with Crippen LogP contribution in [0, 0.1) is 0 Å². The predicted molar refractivity (Wildman–Crippen MR) is 125 cm³/mol. The van der Waals surface area contributed by atoms with E-state index in [9.17, 15) is 4.79 Å². The van der Waals surface area contributed by atoms with E-state index >= 15 is 0 Å². The van der Waals surface area contributed by atoms with Gasteiger partial charge in [-0.3, -0.25) is 9.48 Å². The Bertz CT molecular complexity index is 1280. The largest absolute Gasteiger partial charge is 0.491 e. The second-order valence-electron chi connectivity index (χ2n) is 7.96. The van der Waals surface area contributed by atoms with E-state index in [1.54, 1.807) is 65.4 Å². The number of aryl methyl sites for hydroxylation is 1. The number of pyridine rings is 1. The molecular weight excluding hydrogens is 438 g/mol. The third-order valence-electron chi connectivity index (χ3n) is 4.47. The van der Waals surface area contributed by atoms with Crippen LogP contribution in [-0.2, 0) is 7.05 Å². The molecule has 1 N–H and O–H groups in total. The molecule has 0 bridgehead atoms. The van der Waals surface area contributed by atoms with Gasteiger partial charge in [-0.15, -0.1) is 0 Å². The summed E-state index contributed by atoms with van der Waals surface area (Å²) in [7, 11) is 5.39. The molecule has 0 unspecified atom stereocenters. The number of aromatic nitrogens is 5. The van der Waals surface area contributed by atoms with Crippen molar-refractivity contribution in [2.24, 2.45) is 7.05 Å². The highest BCUT2D eigenvalue weighted by atomic mass is 16.5. The molecule has 3 aromatic heterocycles. The summed E-state index contributed by atoms with van der Waals surface area (Å²) in [5.74, 6) is 1.89. The van der Waals surface area contributed by atoms with Crippen LogP contribution in [0.3, 0.4) is 0 Å². The zero-order chi connectivity index (χ0) is 24.2. The molecule has 4 rings (SSSR count). The van der Waals surface area contributed by atoms with Gasteiger partial charge < -0.3 is 24.2 Å². The lowest BCUT2D eigenvalue weighted by molar-refractivity contribution is 0.102. The maximum absolute atomic E-state index is 12.8. The van der Waals surface area contributed by atoms with Crippen LogP contribution >= 0.6 is 0 Å². The number of nitrogens with one attached hydrogen (secondary N) is 1. The molecule has 3 heterocycles. The Kier molecular flexibility index (Phi) is 6.44. The first-order valence-corrected chi connectivity index (χ1v) is 10.5. The van der Waals surface area contributed by atoms with Gasteiger partial charge in [0, 0.05) is 45.0 Å². The molecule has 0 saturated heterocycles. The van der Waals surface area contributed by atoms with E-state index < -0.39 is 0 Å². The minimum absolute atomic E-state index is 0.0788. The summed E-state index contributed by atoms with van der Waals surface area (Å²) in [6.07, 6.45) is 3.21. The maximum Gasteiger partial charge on any atom is 0.323 e. The van der Waals surface area contributed by atoms with Crippen molar-refractivity contribution >= 4 is 17.7 Å². The van der Waals surface area contributed by atoms with Gasteiger partial charge >= 0.3 is 6.01 Å². The first-order chi connectivity index (χ1) is 16.3. The summed E-state index contributed by atoms with van der Waals surface area (Å²) in [6, 6.07) is 10.6. The van der Waals surface area contributed by atoms with Gasteiger partial charge in [-0.05, 0) is 38.1 Å². The van der Waals surface area contributed by atoms with E-state index in [-0.39, 0.29) is 12.0 Å². The highest BCUT2D eigenvalue weighted by molar-refractivity contribution is 6.04. The summed E-state index contributed by atoms with van der Waals surface area (Å²) >= 11 is 0. The van der Waals surface area contributed by atoms with Crippen LogP contribution in [0.15, 0.2) is 53.3 Å². The summed E-state index contributed by atoms with van der Waals surface area (Å²) in [5, 5.41) is 10.9. The van der Waals surface area contributed by atoms with Crippen molar-refractivity contribution < 1.29 is 18.8 Å². The molecule has 0 fully saturated rings. The summed E-state index contributed by atoms with van der Waals surface area (Å²) in [5.41, 5.74) is 0.905. The van der Waals surface area contributed by atoms with Crippen LogP contribution < -0.4 is 19.7 Å². The summed E-state index contributed by atoms with van der Waals surface area (Å²) < 4.78 is 18.5. The van der Waals surface area contributed by atoms with Gasteiger partial charge in [-0.25, -0.2) is 4.98 Å². The molecule has 34 heavy (non-hydrogen) atoms. The molecule has 0 aliphatic heterocycles. The molecule has 0 spiro atoms. The lowest BCUT2D eigenvalue weighted by Gasteiger charge is -2.14. The molecule has 0 radical (unpaired) electrons. The van der Waals surface area contributed by atoms with Crippen molar-refractivity contribution in [2.75, 3.05) is 24.3 Å². The fourth-order valence-corrected chi connectivity index (χ4v) is 2.98. The topological polar surface area (TPSA) is 120 Å². The molecular formula is C23H25N7O4. The zero-order valence-corrected chi connectivity index (χ0v) is 19.5. The van der Waals surface area contributed by atoms with Crippen LogP contribution in [0.25, 0.3) is 11.5 Å². The fraction of sp³-hybridized carbons (Fsp3) is 0.261. The number of anilines is 2. The minimum atomic E-state index is -0.333. The average molecular weight is 463 g/mol. The highest BCUT2D eigenvalue weighted by Gasteiger charge is 2.15. The lowest BCUT2D eigenvalue weighted by Crippen LogP contribution is -2.13. The number of nitrogens with zero attached hydrogens (tertiary/aromatic N) is 6. The van der Waals surface area contributed by atoms with Gasteiger partial charge in [0.2, 0.25) is 5.82 Å². The van der Waals surface area contributed by atoms with Crippen molar-refractivity contribution in [1.82, 2.24) is 24.9 Å². The first kappa shape index (κ1) is 22.8. The fourth-order valence-electron chi connectivity index (χ4n) is 2.98. The number of benzene rings is 1. The molecule has 11 nitrogen and oxygen atoms in total. The molecule has 1 aromatic carbocycles. The SMILES string of the molecule is CC(C)Oc1cc(Oc2ccc(-c3noc(N(C)C)n3)nc2)cc(C(=O)Nc2ccn(C)n2)c1. The van der Waals surface area contributed by atoms with Gasteiger partial charge in [0.05, 0.1) is 12.3 Å². The first-order valence-electron chi connectivity index (χ1n) is 10.5. The summed E-state index contributed by atoms with van der Waals surface area (Å²) in [6.45, 7) is 3.81. The number of ether oxygens (including phenoxy) is 2. The Morgan fingerprint density at radius 1 is 1.12 bits per heavy atom. The minimum Gasteiger partial charge on any atom is -0.491 e. The van der Waals surface area contributed by atoms with Gasteiger partial charge in [0.25, 0.3) is 5.91 Å². The molecule has 11 heteroatoms. The van der Waals surface area contributed by atoms with E-state index in [4.69, 9.17) is 14.0 Å². The van der Waals surface area contributed by atoms with Crippen molar-refractivity contribution in [3.05, 3.63) is 54.4 Å². The Labute approximate surface area is 196 Å². The maximum atomic E-state index is 12.8. The van der Waals surface area contributed by atoms with Crippen LogP contribution in [-0.4, -0.2) is 51.0 Å². The van der Waals surface area contributed by atoms with Crippen LogP contribution in [0.2, 0.25) is 0 Å². The third kappa shape index (κ3) is 5.49. The summed E-state index contributed by atoms with van der Waals surface area (Å²) in [4.78, 5) is 23.1. The van der Waals surface area contributed by atoms with Crippen LogP contribution in [0.5, 0.6) is 17.2 Å². The van der Waals surface area contributed by atoms with Crippen molar-refractivity contribution in [1.29, 1.82) is 0 Å². The zero-order valence-electron chi connectivity index (χ0n) is 19.5. The molecule has 1 amide bonds. The quantitative estimate of drug-likeness (QED) is 0.416. The lowest BCUT2D eigenvalue weighted by atomic mass is 10.2. The number of carbonyl (C=O) groups excluding carboxylic acids is 1. The van der Waals surface area contributed by atoms with Gasteiger partial charge in [-0.2, -0.15) is 10.1 Å². The van der Waals surface area contributed by atoms with Crippen LogP contribution in [0.1, 0.15) is 24.2 Å². The van der Waals surface area contributed by atoms with Crippen molar-refractivity contribution in [3.63, 3.8) is 0 Å². The standard InChI is InChI=1S/C23H25N7O4/c1-14(2)32-17-10-15(22(31)25-20-8-9-30(5)27-20)11-18(12-17)33-16-6-7-19(24-13-16)21-26-23(29(3)4)34-28-21/h6-14H,1-5H3,(H,25,27,31). The molecule has 176 valence electrons. The number of hydrogen-bond acceptors (Lipinski definition) is 9. The van der Waals surface area contributed by atoms with Gasteiger partial charge in [-0.1, -0.05) is 5.16 Å². The van der Waals surface area contributed by atoms with E-state index in [2.05, 4.69) is 25.5 Å². The highest BCUT2D eigenvalue weighted by Crippen LogP contribution is 2.29. The Morgan fingerprint density at radius 2 is 1.91 bits per heavy atom. The van der Waals surface area contributed by atoms with Crippen molar-refractivity contribution in [3.8, 4) is 28.8 Å². The smallest absolute Gasteiger partial charge is 0.323 e. The normalized spacial score (nSPS) is 10.9. The number of amides is 1. The van der Waals surface area contributed by atoms with Gasteiger partial charge in [0.15, 0.2) is 5.82 Å². The van der Waals surface area contributed by atoms with E-state index in [1.807, 2.05) is 27.9 Å². The molecule has 0 aliphatic rings. The second kappa shape index (κ2) is 9.61. The third-order valence-corrected chi connectivity index (χ3v) is 4.47. The van der Waals surface area contributed by atoms with E-state index in [0.29, 0.717) is 46.2 Å². The Morgan fingerprint density at radius 3 is 2.53 bits per heavy atom. The number of rotatable bonds is 8. The van der Waals surface area contributed by atoms with Crippen molar-refractivity contribution in [2.45, 2.75) is 20.0 Å². The molecule has 0 saturated carbocycles.